The quantitative estimate of drug-likeness (QED) is 0.906. The van der Waals surface area contributed by atoms with E-state index in [1.54, 1.807) is 36.6 Å². The molecule has 0 fully saturated rings. The van der Waals surface area contributed by atoms with Gasteiger partial charge in [-0.25, -0.2) is 4.98 Å². The minimum Gasteiger partial charge on any atom is -0.372 e. The highest BCUT2D eigenvalue weighted by molar-refractivity contribution is 9.10. The summed E-state index contributed by atoms with van der Waals surface area (Å²) in [5, 5.41) is 0. The molecule has 1 unspecified atom stereocenters. The predicted octanol–water partition coefficient (Wildman–Crippen LogP) is 2.14. The zero-order valence-electron chi connectivity index (χ0n) is 11.2. The molecule has 0 aromatic carbocycles. The lowest BCUT2D eigenvalue weighted by atomic mass is 10.3. The average molecular weight is 339 g/mol. The van der Waals surface area contributed by atoms with E-state index in [0.29, 0.717) is 18.1 Å². The number of anilines is 1. The van der Waals surface area contributed by atoms with E-state index < -0.39 is 6.10 Å². The van der Waals surface area contributed by atoms with E-state index in [9.17, 15) is 4.79 Å². The molecule has 0 spiro atoms. The minimum absolute atomic E-state index is 0.149. The Morgan fingerprint density at radius 1 is 1.55 bits per heavy atom. The predicted molar refractivity (Wildman–Crippen MR) is 78.2 cm³/mol. The SMILES string of the molecule is COC(C)C(=O)N(Cc1ncc[nH]1)c1cncc(Br)c1. The average Bonchev–Trinajstić information content (AvgIpc) is 2.96. The third-order valence-corrected chi connectivity index (χ3v) is 3.27. The molecule has 2 heterocycles. The number of nitrogens with one attached hydrogen (secondary N) is 1. The van der Waals surface area contributed by atoms with E-state index >= 15 is 0 Å². The van der Waals surface area contributed by atoms with Crippen molar-refractivity contribution >= 4 is 27.5 Å². The maximum atomic E-state index is 12.4. The molecule has 2 aromatic heterocycles. The van der Waals surface area contributed by atoms with E-state index in [4.69, 9.17) is 4.74 Å². The highest BCUT2D eigenvalue weighted by Crippen LogP contribution is 2.21. The summed E-state index contributed by atoms with van der Waals surface area (Å²) in [7, 11) is 1.51. The van der Waals surface area contributed by atoms with Crippen LogP contribution in [0.25, 0.3) is 0 Å². The fourth-order valence-electron chi connectivity index (χ4n) is 1.70. The number of imidazole rings is 1. The van der Waals surface area contributed by atoms with Crippen LogP contribution in [0.5, 0.6) is 0 Å². The van der Waals surface area contributed by atoms with Crippen LogP contribution in [-0.4, -0.2) is 34.1 Å². The molecule has 7 heteroatoms. The number of carbonyl (C=O) groups is 1. The van der Waals surface area contributed by atoms with Gasteiger partial charge in [0.25, 0.3) is 5.91 Å². The molecular formula is C13H15BrN4O2. The molecule has 1 N–H and O–H groups in total. The van der Waals surface area contributed by atoms with Crippen LogP contribution >= 0.6 is 15.9 Å². The topological polar surface area (TPSA) is 71.1 Å². The number of methoxy groups -OCH3 is 1. The summed E-state index contributed by atoms with van der Waals surface area (Å²) in [6.07, 6.45) is 6.13. The molecule has 0 aliphatic carbocycles. The van der Waals surface area contributed by atoms with Crippen molar-refractivity contribution in [2.45, 2.75) is 19.6 Å². The number of hydrogen-bond donors (Lipinski definition) is 1. The van der Waals surface area contributed by atoms with E-state index in [-0.39, 0.29) is 5.91 Å². The van der Waals surface area contributed by atoms with E-state index in [1.165, 1.54) is 7.11 Å². The van der Waals surface area contributed by atoms with Crippen LogP contribution in [0.2, 0.25) is 0 Å². The monoisotopic (exact) mass is 338 g/mol. The van der Waals surface area contributed by atoms with Crippen LogP contribution in [0, 0.1) is 0 Å². The third-order valence-electron chi connectivity index (χ3n) is 2.83. The summed E-state index contributed by atoms with van der Waals surface area (Å²) >= 11 is 3.36. The molecular weight excluding hydrogens is 324 g/mol. The van der Waals surface area contributed by atoms with Crippen LogP contribution in [0.4, 0.5) is 5.69 Å². The third kappa shape index (κ3) is 3.43. The second kappa shape index (κ2) is 6.62. The Kier molecular flexibility index (Phi) is 4.86. The molecule has 20 heavy (non-hydrogen) atoms. The van der Waals surface area contributed by atoms with Gasteiger partial charge in [0.2, 0.25) is 0 Å². The number of hydrogen-bond acceptors (Lipinski definition) is 4. The van der Waals surface area contributed by atoms with Gasteiger partial charge in [0.05, 0.1) is 18.4 Å². The lowest BCUT2D eigenvalue weighted by molar-refractivity contribution is -0.127. The summed E-state index contributed by atoms with van der Waals surface area (Å²) in [5.41, 5.74) is 0.685. The molecule has 0 aliphatic rings. The lowest BCUT2D eigenvalue weighted by Gasteiger charge is -2.24. The molecule has 1 atom stereocenters. The molecule has 0 saturated heterocycles. The molecule has 0 aliphatic heterocycles. The van der Waals surface area contributed by atoms with Gasteiger partial charge in [-0.1, -0.05) is 0 Å². The first-order valence-electron chi connectivity index (χ1n) is 6.04. The molecule has 2 aromatic rings. The molecule has 0 radical (unpaired) electrons. The number of pyridine rings is 1. The number of H-pyrrole nitrogens is 1. The summed E-state index contributed by atoms with van der Waals surface area (Å²) in [6.45, 7) is 2.04. The van der Waals surface area contributed by atoms with E-state index in [2.05, 4.69) is 30.9 Å². The number of aromatic nitrogens is 3. The highest BCUT2D eigenvalue weighted by atomic mass is 79.9. The number of carbonyl (C=O) groups excluding carboxylic acids is 1. The summed E-state index contributed by atoms with van der Waals surface area (Å²) in [5.74, 6) is 0.547. The Balaban J connectivity index is 2.30. The first-order valence-corrected chi connectivity index (χ1v) is 6.84. The van der Waals surface area contributed by atoms with E-state index in [0.717, 1.165) is 4.47 Å². The summed E-state index contributed by atoms with van der Waals surface area (Å²) in [6, 6.07) is 1.83. The van der Waals surface area contributed by atoms with Crippen LogP contribution < -0.4 is 4.90 Å². The van der Waals surface area contributed by atoms with Crippen molar-refractivity contribution in [3.8, 4) is 0 Å². The van der Waals surface area contributed by atoms with E-state index in [1.807, 2.05) is 6.07 Å². The Hall–Kier alpha value is -1.73. The molecule has 2 rings (SSSR count). The van der Waals surface area contributed by atoms with Gasteiger partial charge >= 0.3 is 0 Å². The number of amides is 1. The van der Waals surface area contributed by atoms with Gasteiger partial charge in [0.15, 0.2) is 0 Å². The molecule has 0 bridgehead atoms. The van der Waals surface area contributed by atoms with Crippen molar-refractivity contribution < 1.29 is 9.53 Å². The Labute approximate surface area is 125 Å². The van der Waals surface area contributed by atoms with Crippen molar-refractivity contribution in [2.24, 2.45) is 0 Å². The zero-order chi connectivity index (χ0) is 14.5. The zero-order valence-corrected chi connectivity index (χ0v) is 12.8. The van der Waals surface area contributed by atoms with Crippen molar-refractivity contribution in [1.29, 1.82) is 0 Å². The summed E-state index contributed by atoms with van der Waals surface area (Å²) in [4.78, 5) is 25.2. The first kappa shape index (κ1) is 14.7. The normalized spacial score (nSPS) is 12.2. The number of ether oxygens (including phenoxy) is 1. The Morgan fingerprint density at radius 2 is 2.35 bits per heavy atom. The van der Waals surface area contributed by atoms with Crippen LogP contribution in [0.3, 0.4) is 0 Å². The smallest absolute Gasteiger partial charge is 0.256 e. The van der Waals surface area contributed by atoms with Crippen molar-refractivity contribution in [3.63, 3.8) is 0 Å². The summed E-state index contributed by atoms with van der Waals surface area (Å²) < 4.78 is 5.91. The van der Waals surface area contributed by atoms with Gasteiger partial charge in [-0.05, 0) is 28.9 Å². The maximum absolute atomic E-state index is 12.4. The number of aromatic amines is 1. The maximum Gasteiger partial charge on any atom is 0.256 e. The lowest BCUT2D eigenvalue weighted by Crippen LogP contribution is -2.38. The second-order valence-electron chi connectivity index (χ2n) is 4.20. The van der Waals surface area contributed by atoms with Gasteiger partial charge in [0, 0.05) is 30.2 Å². The molecule has 1 amide bonds. The fourth-order valence-corrected chi connectivity index (χ4v) is 2.05. The van der Waals surface area contributed by atoms with Gasteiger partial charge in [-0.3, -0.25) is 9.78 Å². The van der Waals surface area contributed by atoms with Crippen molar-refractivity contribution in [2.75, 3.05) is 12.0 Å². The first-order chi connectivity index (χ1) is 9.61. The Morgan fingerprint density at radius 3 is 2.95 bits per heavy atom. The largest absolute Gasteiger partial charge is 0.372 e. The number of nitrogens with zero attached hydrogens (tertiary/aromatic N) is 3. The minimum atomic E-state index is -0.538. The van der Waals surface area contributed by atoms with Crippen molar-refractivity contribution in [1.82, 2.24) is 15.0 Å². The molecule has 6 nitrogen and oxygen atoms in total. The Bertz CT molecular complexity index is 574. The molecule has 0 saturated carbocycles. The standard InChI is InChI=1S/C13H15BrN4O2/c1-9(20-2)13(19)18(8-12-16-3-4-17-12)11-5-10(14)6-15-7-11/h3-7,9H,8H2,1-2H3,(H,16,17). The van der Waals surface area contributed by atoms with Gasteiger partial charge in [0.1, 0.15) is 11.9 Å². The van der Waals surface area contributed by atoms with Crippen LogP contribution in [-0.2, 0) is 16.1 Å². The highest BCUT2D eigenvalue weighted by Gasteiger charge is 2.23. The van der Waals surface area contributed by atoms with Crippen LogP contribution in [0.1, 0.15) is 12.7 Å². The van der Waals surface area contributed by atoms with Gasteiger partial charge < -0.3 is 14.6 Å². The second-order valence-corrected chi connectivity index (χ2v) is 5.12. The van der Waals surface area contributed by atoms with Gasteiger partial charge in [-0.15, -0.1) is 0 Å². The van der Waals surface area contributed by atoms with Crippen LogP contribution in [0.15, 0.2) is 35.3 Å². The fraction of sp³-hybridized carbons (Fsp3) is 0.308. The number of halogens is 1. The number of rotatable bonds is 5. The molecule has 106 valence electrons. The van der Waals surface area contributed by atoms with Gasteiger partial charge in [-0.2, -0.15) is 0 Å². The van der Waals surface area contributed by atoms with Crippen molar-refractivity contribution in [3.05, 3.63) is 41.2 Å².